The summed E-state index contributed by atoms with van der Waals surface area (Å²) in [7, 11) is 0. The number of ether oxygens (including phenoxy) is 2. The lowest BCUT2D eigenvalue weighted by Gasteiger charge is -2.37. The molecule has 0 radical (unpaired) electrons. The molecule has 2 aliphatic rings. The third kappa shape index (κ3) is 4.46. The Bertz CT molecular complexity index is 1350. The van der Waals surface area contributed by atoms with Crippen molar-refractivity contribution in [3.63, 3.8) is 0 Å². The van der Waals surface area contributed by atoms with Gasteiger partial charge in [-0.25, -0.2) is 0 Å². The number of carbonyl (C=O) groups is 1. The van der Waals surface area contributed by atoms with E-state index in [9.17, 15) is 4.79 Å². The molecule has 0 spiro atoms. The molecular formula is C30H28N2O3. The lowest BCUT2D eigenvalue weighted by Crippen LogP contribution is -2.41. The van der Waals surface area contributed by atoms with E-state index >= 15 is 0 Å². The summed E-state index contributed by atoms with van der Waals surface area (Å²) in [6.45, 7) is 0.774. The number of hydrogen-bond acceptors (Lipinski definition) is 4. The molecule has 2 heterocycles. The van der Waals surface area contributed by atoms with E-state index in [-0.39, 0.29) is 18.7 Å². The van der Waals surface area contributed by atoms with Crippen LogP contribution in [0.25, 0.3) is 10.9 Å². The van der Waals surface area contributed by atoms with Gasteiger partial charge in [0.1, 0.15) is 0 Å². The Morgan fingerprint density at radius 3 is 2.49 bits per heavy atom. The first-order valence-corrected chi connectivity index (χ1v) is 12.3. The fraction of sp³-hybridized carbons (Fsp3) is 0.267. The summed E-state index contributed by atoms with van der Waals surface area (Å²) in [5, 5.41) is 0.981. The van der Waals surface area contributed by atoms with Crippen molar-refractivity contribution in [3.8, 4) is 11.5 Å². The van der Waals surface area contributed by atoms with Crippen molar-refractivity contribution >= 4 is 16.8 Å². The number of hydrogen-bond donors (Lipinski definition) is 0. The Morgan fingerprint density at radius 1 is 0.857 bits per heavy atom. The van der Waals surface area contributed by atoms with Crippen molar-refractivity contribution in [1.29, 1.82) is 0 Å². The summed E-state index contributed by atoms with van der Waals surface area (Å²) in [5.41, 5.74) is 3.98. The molecule has 0 unspecified atom stereocenters. The van der Waals surface area contributed by atoms with Gasteiger partial charge in [0.05, 0.1) is 11.1 Å². The Hall–Kier alpha value is -3.86. The van der Waals surface area contributed by atoms with Crippen molar-refractivity contribution < 1.29 is 14.3 Å². The zero-order chi connectivity index (χ0) is 23.6. The van der Waals surface area contributed by atoms with Gasteiger partial charge in [0, 0.05) is 24.2 Å². The van der Waals surface area contributed by atoms with Crippen LogP contribution in [0, 0.1) is 0 Å². The lowest BCUT2D eigenvalue weighted by atomic mass is 9.81. The van der Waals surface area contributed by atoms with Crippen LogP contribution in [0.4, 0.5) is 0 Å². The number of amides is 1. The molecule has 3 aromatic carbocycles. The maximum atomic E-state index is 13.9. The van der Waals surface area contributed by atoms with Crippen LogP contribution in [-0.4, -0.2) is 28.6 Å². The van der Waals surface area contributed by atoms with Crippen LogP contribution in [0.1, 0.15) is 53.1 Å². The van der Waals surface area contributed by atoms with E-state index in [0.29, 0.717) is 18.0 Å². The second-order valence-corrected chi connectivity index (χ2v) is 9.45. The van der Waals surface area contributed by atoms with Gasteiger partial charge in [-0.15, -0.1) is 0 Å². The first-order chi connectivity index (χ1) is 17.2. The third-order valence-corrected chi connectivity index (χ3v) is 7.30. The van der Waals surface area contributed by atoms with Gasteiger partial charge in [0.25, 0.3) is 5.91 Å². The molecule has 5 nitrogen and oxygen atoms in total. The first kappa shape index (κ1) is 21.7. The standard InChI is InChI=1S/C30H28N2O3/c33-30(25-17-24-8-4-5-9-27(24)31-18-25)32(19-21-10-15-28-29(16-21)35-20-34-28)26-13-11-23(12-14-26)22-6-2-1-3-7-22/h1-10,15-18,23,26H,11-14,19-20H2. The molecule has 6 rings (SSSR count). The molecule has 0 N–H and O–H groups in total. The number of aromatic nitrogens is 1. The van der Waals surface area contributed by atoms with Crippen LogP contribution in [-0.2, 0) is 6.54 Å². The zero-order valence-electron chi connectivity index (χ0n) is 19.6. The number of carbonyl (C=O) groups excluding carboxylic acids is 1. The predicted molar refractivity (Wildman–Crippen MR) is 136 cm³/mol. The average Bonchev–Trinajstić information content (AvgIpc) is 3.40. The minimum atomic E-state index is 0.0316. The highest BCUT2D eigenvalue weighted by molar-refractivity contribution is 5.97. The Labute approximate surface area is 205 Å². The van der Waals surface area contributed by atoms with Crippen molar-refractivity contribution in [2.24, 2.45) is 0 Å². The SMILES string of the molecule is O=C(c1cnc2ccccc2c1)N(Cc1ccc2c(c1)OCO2)C1CCC(c2ccccc2)CC1. The van der Waals surface area contributed by atoms with Gasteiger partial charge in [0.15, 0.2) is 11.5 Å². The van der Waals surface area contributed by atoms with E-state index in [0.717, 1.165) is 53.6 Å². The number of para-hydroxylation sites is 1. The molecule has 0 saturated heterocycles. The van der Waals surface area contributed by atoms with Gasteiger partial charge in [0.2, 0.25) is 6.79 Å². The molecule has 1 amide bonds. The molecule has 4 aromatic rings. The number of benzene rings is 3. The maximum Gasteiger partial charge on any atom is 0.255 e. The van der Waals surface area contributed by atoms with Gasteiger partial charge in [-0.1, -0.05) is 54.6 Å². The smallest absolute Gasteiger partial charge is 0.255 e. The van der Waals surface area contributed by atoms with Gasteiger partial charge in [-0.3, -0.25) is 9.78 Å². The van der Waals surface area contributed by atoms with Crippen LogP contribution in [0.3, 0.4) is 0 Å². The van der Waals surface area contributed by atoms with Crippen molar-refractivity contribution in [2.45, 2.75) is 44.2 Å². The fourth-order valence-electron chi connectivity index (χ4n) is 5.40. The van der Waals surface area contributed by atoms with E-state index in [1.165, 1.54) is 5.56 Å². The number of fused-ring (bicyclic) bond motifs is 2. The Morgan fingerprint density at radius 2 is 1.63 bits per heavy atom. The van der Waals surface area contributed by atoms with Gasteiger partial charge >= 0.3 is 0 Å². The number of nitrogens with zero attached hydrogens (tertiary/aromatic N) is 2. The van der Waals surface area contributed by atoms with Crippen molar-refractivity contribution in [3.05, 3.63) is 102 Å². The molecule has 35 heavy (non-hydrogen) atoms. The van der Waals surface area contributed by atoms with E-state index in [2.05, 4.69) is 35.3 Å². The van der Waals surface area contributed by atoms with E-state index in [1.54, 1.807) is 6.20 Å². The predicted octanol–water partition coefficient (Wildman–Crippen LogP) is 6.33. The van der Waals surface area contributed by atoms with Crippen molar-refractivity contribution in [1.82, 2.24) is 9.88 Å². The van der Waals surface area contributed by atoms with Gasteiger partial charge in [-0.05, 0) is 67.0 Å². The second kappa shape index (κ2) is 9.41. The molecule has 0 bridgehead atoms. The number of rotatable bonds is 5. The molecule has 1 aromatic heterocycles. The van der Waals surface area contributed by atoms with Gasteiger partial charge < -0.3 is 14.4 Å². The highest BCUT2D eigenvalue weighted by Crippen LogP contribution is 2.37. The monoisotopic (exact) mass is 464 g/mol. The lowest BCUT2D eigenvalue weighted by molar-refractivity contribution is 0.0605. The average molecular weight is 465 g/mol. The molecule has 0 atom stereocenters. The molecule has 1 aliphatic heterocycles. The quantitative estimate of drug-likeness (QED) is 0.346. The Balaban J connectivity index is 1.27. The molecule has 5 heteroatoms. The third-order valence-electron chi connectivity index (χ3n) is 7.30. The molecular weight excluding hydrogens is 436 g/mol. The van der Waals surface area contributed by atoms with Crippen LogP contribution in [0.15, 0.2) is 85.1 Å². The first-order valence-electron chi connectivity index (χ1n) is 12.3. The summed E-state index contributed by atoms with van der Waals surface area (Å²) in [4.78, 5) is 20.5. The molecule has 1 fully saturated rings. The van der Waals surface area contributed by atoms with Crippen LogP contribution in [0.5, 0.6) is 11.5 Å². The zero-order valence-corrected chi connectivity index (χ0v) is 19.6. The van der Waals surface area contributed by atoms with Gasteiger partial charge in [-0.2, -0.15) is 0 Å². The summed E-state index contributed by atoms with van der Waals surface area (Å²) < 4.78 is 11.1. The highest BCUT2D eigenvalue weighted by Gasteiger charge is 2.31. The topological polar surface area (TPSA) is 51.7 Å². The minimum Gasteiger partial charge on any atom is -0.454 e. The largest absolute Gasteiger partial charge is 0.454 e. The normalized spacial score (nSPS) is 19.0. The number of pyridine rings is 1. The minimum absolute atomic E-state index is 0.0316. The fourth-order valence-corrected chi connectivity index (χ4v) is 5.40. The van der Waals surface area contributed by atoms with E-state index in [4.69, 9.17) is 9.47 Å². The molecule has 1 saturated carbocycles. The Kier molecular flexibility index (Phi) is 5.83. The van der Waals surface area contributed by atoms with E-state index in [1.807, 2.05) is 53.4 Å². The highest BCUT2D eigenvalue weighted by atomic mass is 16.7. The van der Waals surface area contributed by atoms with Crippen LogP contribution >= 0.6 is 0 Å². The molecule has 176 valence electrons. The summed E-state index contributed by atoms with van der Waals surface area (Å²) in [5.74, 6) is 2.09. The van der Waals surface area contributed by atoms with Crippen LogP contribution < -0.4 is 9.47 Å². The molecule has 1 aliphatic carbocycles. The van der Waals surface area contributed by atoms with Crippen LogP contribution in [0.2, 0.25) is 0 Å². The second-order valence-electron chi connectivity index (χ2n) is 9.45. The van der Waals surface area contributed by atoms with Crippen molar-refractivity contribution in [2.75, 3.05) is 6.79 Å². The van der Waals surface area contributed by atoms with E-state index < -0.39 is 0 Å². The summed E-state index contributed by atoms with van der Waals surface area (Å²) >= 11 is 0. The summed E-state index contributed by atoms with van der Waals surface area (Å²) in [6.07, 6.45) is 5.84. The summed E-state index contributed by atoms with van der Waals surface area (Å²) in [6, 6.07) is 26.8. The maximum absolute atomic E-state index is 13.9.